The van der Waals surface area contributed by atoms with Gasteiger partial charge in [-0.15, -0.1) is 0 Å². The number of hydrogen-bond acceptors (Lipinski definition) is 3. The summed E-state index contributed by atoms with van der Waals surface area (Å²) in [6.45, 7) is 7.62. The van der Waals surface area contributed by atoms with Gasteiger partial charge in [0.05, 0.1) is 6.04 Å². The molecule has 0 aliphatic carbocycles. The zero-order valence-corrected chi connectivity index (χ0v) is 8.55. The lowest BCUT2D eigenvalue weighted by Gasteiger charge is -2.28. The van der Waals surface area contributed by atoms with E-state index in [1.807, 2.05) is 13.8 Å². The van der Waals surface area contributed by atoms with Crippen molar-refractivity contribution in [1.82, 2.24) is 16.0 Å². The van der Waals surface area contributed by atoms with E-state index in [0.29, 0.717) is 6.04 Å². The number of hydrogen-bond donors (Lipinski definition) is 3. The Labute approximate surface area is 79.5 Å². The van der Waals surface area contributed by atoms with Gasteiger partial charge in [0.2, 0.25) is 5.91 Å². The lowest BCUT2D eigenvalue weighted by Crippen LogP contribution is -2.59. The smallest absolute Gasteiger partial charge is 0.238 e. The molecule has 1 heterocycles. The molecule has 0 bridgehead atoms. The molecule has 1 saturated heterocycles. The van der Waals surface area contributed by atoms with Crippen LogP contribution in [-0.2, 0) is 4.79 Å². The fourth-order valence-corrected chi connectivity index (χ4v) is 1.35. The number of amides is 1. The summed E-state index contributed by atoms with van der Waals surface area (Å²) in [4.78, 5) is 11.5. The summed E-state index contributed by atoms with van der Waals surface area (Å²) in [6, 6.07) is 0.607. The molecule has 4 nitrogen and oxygen atoms in total. The minimum absolute atomic E-state index is 0.0707. The van der Waals surface area contributed by atoms with E-state index < -0.39 is 0 Å². The molecule has 13 heavy (non-hydrogen) atoms. The number of carbonyl (C=O) groups is 1. The molecule has 1 fully saturated rings. The van der Waals surface area contributed by atoms with Crippen LogP contribution in [0, 0.1) is 0 Å². The maximum absolute atomic E-state index is 11.5. The van der Waals surface area contributed by atoms with Gasteiger partial charge in [0.1, 0.15) is 0 Å². The standard InChI is InChI=1S/C9H19N3O/c1-6(2)12-9(13)8-5-10-7(3)4-11-8/h6-8,10-11H,4-5H2,1-3H3,(H,12,13). The van der Waals surface area contributed by atoms with Crippen LogP contribution in [0.15, 0.2) is 0 Å². The van der Waals surface area contributed by atoms with Crippen LogP contribution >= 0.6 is 0 Å². The normalized spacial score (nSPS) is 28.9. The zero-order chi connectivity index (χ0) is 9.84. The van der Waals surface area contributed by atoms with Crippen LogP contribution in [0.3, 0.4) is 0 Å². The van der Waals surface area contributed by atoms with Crippen molar-refractivity contribution in [1.29, 1.82) is 0 Å². The highest BCUT2D eigenvalue weighted by Gasteiger charge is 2.23. The Morgan fingerprint density at radius 3 is 2.54 bits per heavy atom. The lowest BCUT2D eigenvalue weighted by atomic mass is 10.1. The lowest BCUT2D eigenvalue weighted by molar-refractivity contribution is -0.123. The molecule has 1 aliphatic rings. The van der Waals surface area contributed by atoms with Gasteiger partial charge in [-0.1, -0.05) is 0 Å². The molecule has 1 amide bonds. The molecule has 4 heteroatoms. The van der Waals surface area contributed by atoms with Crippen molar-refractivity contribution in [2.24, 2.45) is 0 Å². The first-order chi connectivity index (χ1) is 6.09. The Hall–Kier alpha value is -0.610. The summed E-state index contributed by atoms with van der Waals surface area (Å²) in [5, 5.41) is 9.35. The van der Waals surface area contributed by atoms with Crippen LogP contribution < -0.4 is 16.0 Å². The van der Waals surface area contributed by atoms with Crippen molar-refractivity contribution < 1.29 is 4.79 Å². The fraction of sp³-hybridized carbons (Fsp3) is 0.889. The topological polar surface area (TPSA) is 53.2 Å². The SMILES string of the molecule is CC(C)NC(=O)C1CNC(C)CN1. The molecular weight excluding hydrogens is 166 g/mol. The molecule has 0 aromatic rings. The van der Waals surface area contributed by atoms with E-state index in [1.54, 1.807) is 0 Å². The van der Waals surface area contributed by atoms with Crippen LogP contribution in [0.4, 0.5) is 0 Å². The van der Waals surface area contributed by atoms with Gasteiger partial charge in [0.25, 0.3) is 0 Å². The Balaban J connectivity index is 2.31. The highest BCUT2D eigenvalue weighted by atomic mass is 16.2. The van der Waals surface area contributed by atoms with Gasteiger partial charge < -0.3 is 16.0 Å². The van der Waals surface area contributed by atoms with Gasteiger partial charge >= 0.3 is 0 Å². The van der Waals surface area contributed by atoms with Gasteiger partial charge in [-0.2, -0.15) is 0 Å². The van der Waals surface area contributed by atoms with Crippen molar-refractivity contribution in [3.05, 3.63) is 0 Å². The predicted molar refractivity (Wildman–Crippen MR) is 52.5 cm³/mol. The third kappa shape index (κ3) is 3.32. The molecule has 0 radical (unpaired) electrons. The summed E-state index contributed by atoms with van der Waals surface area (Å²) in [7, 11) is 0. The molecule has 1 aliphatic heterocycles. The first kappa shape index (κ1) is 10.5. The monoisotopic (exact) mass is 185 g/mol. The van der Waals surface area contributed by atoms with Crippen molar-refractivity contribution in [3.8, 4) is 0 Å². The van der Waals surface area contributed by atoms with E-state index >= 15 is 0 Å². The average molecular weight is 185 g/mol. The van der Waals surface area contributed by atoms with E-state index in [1.165, 1.54) is 0 Å². The predicted octanol–water partition coefficient (Wildman–Crippen LogP) is -0.539. The first-order valence-electron chi connectivity index (χ1n) is 4.86. The van der Waals surface area contributed by atoms with Crippen LogP contribution in [0.1, 0.15) is 20.8 Å². The third-order valence-electron chi connectivity index (χ3n) is 2.09. The van der Waals surface area contributed by atoms with Crippen molar-refractivity contribution >= 4 is 5.91 Å². The summed E-state index contributed by atoms with van der Waals surface area (Å²) < 4.78 is 0. The summed E-state index contributed by atoms with van der Waals surface area (Å²) >= 11 is 0. The molecule has 3 N–H and O–H groups in total. The molecule has 0 aromatic carbocycles. The van der Waals surface area contributed by atoms with Crippen molar-refractivity contribution in [2.75, 3.05) is 13.1 Å². The number of rotatable bonds is 2. The number of carbonyl (C=O) groups excluding carboxylic acids is 1. The minimum atomic E-state index is -0.0707. The van der Waals surface area contributed by atoms with Crippen LogP contribution in [-0.4, -0.2) is 37.1 Å². The maximum atomic E-state index is 11.5. The minimum Gasteiger partial charge on any atom is -0.353 e. The van der Waals surface area contributed by atoms with Gasteiger partial charge in [-0.3, -0.25) is 4.79 Å². The highest BCUT2D eigenvalue weighted by molar-refractivity contribution is 5.82. The average Bonchev–Trinajstić information content (AvgIpc) is 2.04. The van der Waals surface area contributed by atoms with Crippen molar-refractivity contribution in [2.45, 2.75) is 38.9 Å². The molecule has 2 atom stereocenters. The largest absolute Gasteiger partial charge is 0.353 e. The molecular formula is C9H19N3O. The van der Waals surface area contributed by atoms with Crippen molar-refractivity contribution in [3.63, 3.8) is 0 Å². The van der Waals surface area contributed by atoms with E-state index in [4.69, 9.17) is 0 Å². The summed E-state index contributed by atoms with van der Waals surface area (Å²) in [5.41, 5.74) is 0. The number of nitrogens with one attached hydrogen (secondary N) is 3. The third-order valence-corrected chi connectivity index (χ3v) is 2.09. The molecule has 1 rings (SSSR count). The molecule has 0 aromatic heterocycles. The molecule has 0 spiro atoms. The highest BCUT2D eigenvalue weighted by Crippen LogP contribution is 1.93. The Bertz CT molecular complexity index is 174. The summed E-state index contributed by atoms with van der Waals surface area (Å²) in [6.07, 6.45) is 0. The van der Waals surface area contributed by atoms with Gasteiger partial charge in [0.15, 0.2) is 0 Å². The zero-order valence-electron chi connectivity index (χ0n) is 8.55. The summed E-state index contributed by atoms with van der Waals surface area (Å²) in [5.74, 6) is 0.0920. The van der Waals surface area contributed by atoms with Crippen LogP contribution in [0.25, 0.3) is 0 Å². The van der Waals surface area contributed by atoms with E-state index in [9.17, 15) is 4.79 Å². The van der Waals surface area contributed by atoms with Gasteiger partial charge in [0, 0.05) is 25.2 Å². The Morgan fingerprint density at radius 2 is 2.08 bits per heavy atom. The van der Waals surface area contributed by atoms with Gasteiger partial charge in [-0.05, 0) is 20.8 Å². The molecule has 0 saturated carbocycles. The second-order valence-corrected chi connectivity index (χ2v) is 3.93. The molecule has 2 unspecified atom stereocenters. The molecule has 76 valence electrons. The van der Waals surface area contributed by atoms with Crippen LogP contribution in [0.2, 0.25) is 0 Å². The van der Waals surface area contributed by atoms with Gasteiger partial charge in [-0.25, -0.2) is 0 Å². The fourth-order valence-electron chi connectivity index (χ4n) is 1.35. The quantitative estimate of drug-likeness (QED) is 0.541. The Kier molecular flexibility index (Phi) is 3.69. The second-order valence-electron chi connectivity index (χ2n) is 3.93. The first-order valence-corrected chi connectivity index (χ1v) is 4.86. The van der Waals surface area contributed by atoms with Crippen LogP contribution in [0.5, 0.6) is 0 Å². The van der Waals surface area contributed by atoms with E-state index in [-0.39, 0.29) is 18.0 Å². The van der Waals surface area contributed by atoms with E-state index in [0.717, 1.165) is 13.1 Å². The van der Waals surface area contributed by atoms with E-state index in [2.05, 4.69) is 22.9 Å². The number of piperazine rings is 1. The maximum Gasteiger partial charge on any atom is 0.238 e. The second kappa shape index (κ2) is 4.58. The Morgan fingerprint density at radius 1 is 1.38 bits per heavy atom.